The fraction of sp³-hybridized carbons (Fsp3) is 0.364. The second-order valence-electron chi connectivity index (χ2n) is 3.60. The first-order valence-electron chi connectivity index (χ1n) is 4.90. The summed E-state index contributed by atoms with van der Waals surface area (Å²) in [4.78, 5) is 11.0. The molecule has 1 heterocycles. The number of carbonyl (C=O) groups excluding carboxylic acids is 1. The van der Waals surface area contributed by atoms with Crippen molar-refractivity contribution in [2.24, 2.45) is 5.73 Å². The van der Waals surface area contributed by atoms with E-state index in [-0.39, 0.29) is 5.91 Å². The maximum Gasteiger partial charge on any atom is 0.248 e. The standard InChI is InChI=1S/C11H14N2O/c12-11(14)10-2-1-8-3-5-13-6-4-9(8)7-10/h1-2,7,13H,3-6H2,(H2,12,14). The molecule has 1 aromatic rings. The summed E-state index contributed by atoms with van der Waals surface area (Å²) >= 11 is 0. The van der Waals surface area contributed by atoms with Gasteiger partial charge in [-0.25, -0.2) is 0 Å². The second-order valence-corrected chi connectivity index (χ2v) is 3.60. The number of hydrogen-bond donors (Lipinski definition) is 2. The summed E-state index contributed by atoms with van der Waals surface area (Å²) in [5, 5.41) is 3.33. The smallest absolute Gasteiger partial charge is 0.248 e. The molecule has 0 atom stereocenters. The fourth-order valence-corrected chi connectivity index (χ4v) is 1.83. The number of rotatable bonds is 1. The van der Waals surface area contributed by atoms with Crippen LogP contribution in [0.4, 0.5) is 0 Å². The first kappa shape index (κ1) is 9.21. The lowest BCUT2D eigenvalue weighted by molar-refractivity contribution is 0.1000. The number of carbonyl (C=O) groups is 1. The number of nitrogens with one attached hydrogen (secondary N) is 1. The van der Waals surface area contributed by atoms with Crippen LogP contribution in [0.3, 0.4) is 0 Å². The second kappa shape index (κ2) is 3.80. The Kier molecular flexibility index (Phi) is 2.50. The van der Waals surface area contributed by atoms with E-state index in [0.717, 1.165) is 25.9 Å². The number of primary amides is 1. The maximum atomic E-state index is 11.0. The number of nitrogens with two attached hydrogens (primary N) is 1. The molecular weight excluding hydrogens is 176 g/mol. The van der Waals surface area contributed by atoms with Crippen LogP contribution >= 0.6 is 0 Å². The van der Waals surface area contributed by atoms with Crippen molar-refractivity contribution in [2.45, 2.75) is 12.8 Å². The Morgan fingerprint density at radius 3 is 2.64 bits per heavy atom. The Labute approximate surface area is 83.3 Å². The quantitative estimate of drug-likeness (QED) is 0.676. The van der Waals surface area contributed by atoms with Gasteiger partial charge in [-0.2, -0.15) is 0 Å². The molecular formula is C11H14N2O. The van der Waals surface area contributed by atoms with Crippen LogP contribution in [0.15, 0.2) is 18.2 Å². The van der Waals surface area contributed by atoms with E-state index < -0.39 is 0 Å². The van der Waals surface area contributed by atoms with Crippen molar-refractivity contribution in [2.75, 3.05) is 13.1 Å². The van der Waals surface area contributed by atoms with E-state index in [9.17, 15) is 4.79 Å². The van der Waals surface area contributed by atoms with Gasteiger partial charge < -0.3 is 11.1 Å². The van der Waals surface area contributed by atoms with Gasteiger partial charge in [-0.1, -0.05) is 6.07 Å². The molecule has 74 valence electrons. The van der Waals surface area contributed by atoms with E-state index in [1.807, 2.05) is 18.2 Å². The van der Waals surface area contributed by atoms with Crippen LogP contribution in [-0.4, -0.2) is 19.0 Å². The summed E-state index contributed by atoms with van der Waals surface area (Å²) in [5.41, 5.74) is 8.44. The monoisotopic (exact) mass is 190 g/mol. The molecule has 0 saturated carbocycles. The molecule has 3 nitrogen and oxygen atoms in total. The van der Waals surface area contributed by atoms with E-state index in [1.54, 1.807) is 0 Å². The van der Waals surface area contributed by atoms with Crippen molar-refractivity contribution in [1.82, 2.24) is 5.32 Å². The number of hydrogen-bond acceptors (Lipinski definition) is 2. The van der Waals surface area contributed by atoms with Crippen LogP contribution < -0.4 is 11.1 Å². The molecule has 2 rings (SSSR count). The molecule has 1 amide bonds. The van der Waals surface area contributed by atoms with E-state index in [1.165, 1.54) is 11.1 Å². The third-order valence-corrected chi connectivity index (χ3v) is 2.63. The highest BCUT2D eigenvalue weighted by molar-refractivity contribution is 5.93. The molecule has 3 heteroatoms. The molecule has 1 aliphatic rings. The molecule has 0 aromatic heterocycles. The van der Waals surface area contributed by atoms with Gasteiger partial charge in [0.1, 0.15) is 0 Å². The molecule has 0 spiro atoms. The molecule has 1 aromatic carbocycles. The Balaban J connectivity index is 2.37. The van der Waals surface area contributed by atoms with Crippen molar-refractivity contribution in [3.8, 4) is 0 Å². The topological polar surface area (TPSA) is 55.1 Å². The van der Waals surface area contributed by atoms with Crippen molar-refractivity contribution in [1.29, 1.82) is 0 Å². The van der Waals surface area contributed by atoms with Crippen LogP contribution in [0.25, 0.3) is 0 Å². The Morgan fingerprint density at radius 1 is 1.21 bits per heavy atom. The molecule has 0 fully saturated rings. The molecule has 0 radical (unpaired) electrons. The summed E-state index contributed by atoms with van der Waals surface area (Å²) < 4.78 is 0. The van der Waals surface area contributed by atoms with E-state index in [0.29, 0.717) is 5.56 Å². The van der Waals surface area contributed by atoms with E-state index >= 15 is 0 Å². The van der Waals surface area contributed by atoms with Gasteiger partial charge >= 0.3 is 0 Å². The van der Waals surface area contributed by atoms with Crippen LogP contribution in [0.1, 0.15) is 21.5 Å². The SMILES string of the molecule is NC(=O)c1ccc2c(c1)CCNCC2. The van der Waals surface area contributed by atoms with Crippen molar-refractivity contribution >= 4 is 5.91 Å². The molecule has 0 saturated heterocycles. The molecule has 0 aliphatic carbocycles. The highest BCUT2D eigenvalue weighted by Gasteiger charge is 2.09. The lowest BCUT2D eigenvalue weighted by Gasteiger charge is -2.05. The first-order chi connectivity index (χ1) is 6.77. The zero-order valence-corrected chi connectivity index (χ0v) is 8.05. The van der Waals surface area contributed by atoms with Gasteiger partial charge in [0.25, 0.3) is 0 Å². The van der Waals surface area contributed by atoms with E-state index in [2.05, 4.69) is 5.32 Å². The fourth-order valence-electron chi connectivity index (χ4n) is 1.83. The zero-order chi connectivity index (χ0) is 9.97. The third-order valence-electron chi connectivity index (χ3n) is 2.63. The van der Waals surface area contributed by atoms with E-state index in [4.69, 9.17) is 5.73 Å². The molecule has 3 N–H and O–H groups in total. The largest absolute Gasteiger partial charge is 0.366 e. The third kappa shape index (κ3) is 1.77. The lowest BCUT2D eigenvalue weighted by Crippen LogP contribution is -2.16. The normalized spacial score (nSPS) is 15.7. The van der Waals surface area contributed by atoms with Gasteiger partial charge in [0.15, 0.2) is 0 Å². The summed E-state index contributed by atoms with van der Waals surface area (Å²) in [5.74, 6) is -0.343. The lowest BCUT2D eigenvalue weighted by atomic mass is 10.00. The van der Waals surface area contributed by atoms with Crippen LogP contribution in [0.5, 0.6) is 0 Å². The predicted molar refractivity (Wildman–Crippen MR) is 55.2 cm³/mol. The number of fused-ring (bicyclic) bond motifs is 1. The van der Waals surface area contributed by atoms with Crippen molar-refractivity contribution in [3.05, 3.63) is 34.9 Å². The minimum Gasteiger partial charge on any atom is -0.366 e. The average molecular weight is 190 g/mol. The Hall–Kier alpha value is -1.35. The van der Waals surface area contributed by atoms with Gasteiger partial charge in [0.2, 0.25) is 5.91 Å². The summed E-state index contributed by atoms with van der Waals surface area (Å²) in [6.07, 6.45) is 2.02. The molecule has 0 unspecified atom stereocenters. The van der Waals surface area contributed by atoms with Crippen LogP contribution in [0.2, 0.25) is 0 Å². The van der Waals surface area contributed by atoms with Gasteiger partial charge in [-0.15, -0.1) is 0 Å². The number of benzene rings is 1. The van der Waals surface area contributed by atoms with Gasteiger partial charge in [0, 0.05) is 5.56 Å². The minimum absolute atomic E-state index is 0.343. The summed E-state index contributed by atoms with van der Waals surface area (Å²) in [6.45, 7) is 2.00. The van der Waals surface area contributed by atoms with Crippen LogP contribution in [0, 0.1) is 0 Å². The summed E-state index contributed by atoms with van der Waals surface area (Å²) in [6, 6.07) is 5.75. The van der Waals surface area contributed by atoms with Crippen LogP contribution in [-0.2, 0) is 12.8 Å². The average Bonchev–Trinajstić information content (AvgIpc) is 2.41. The van der Waals surface area contributed by atoms with Gasteiger partial charge in [-0.05, 0) is 49.2 Å². The van der Waals surface area contributed by atoms with Gasteiger partial charge in [0.05, 0.1) is 0 Å². The molecule has 14 heavy (non-hydrogen) atoms. The van der Waals surface area contributed by atoms with Crippen molar-refractivity contribution < 1.29 is 4.79 Å². The summed E-state index contributed by atoms with van der Waals surface area (Å²) in [7, 11) is 0. The number of amides is 1. The molecule has 1 aliphatic heterocycles. The first-order valence-corrected chi connectivity index (χ1v) is 4.90. The molecule has 0 bridgehead atoms. The van der Waals surface area contributed by atoms with Gasteiger partial charge in [-0.3, -0.25) is 4.79 Å². The Morgan fingerprint density at radius 2 is 1.93 bits per heavy atom. The Bertz CT molecular complexity index is 360. The predicted octanol–water partition coefficient (Wildman–Crippen LogP) is 0.474. The maximum absolute atomic E-state index is 11.0. The zero-order valence-electron chi connectivity index (χ0n) is 8.05. The highest BCUT2D eigenvalue weighted by Crippen LogP contribution is 2.14. The highest BCUT2D eigenvalue weighted by atomic mass is 16.1. The minimum atomic E-state index is -0.343. The van der Waals surface area contributed by atoms with Crippen molar-refractivity contribution in [3.63, 3.8) is 0 Å².